The van der Waals surface area contributed by atoms with E-state index in [1.165, 1.54) is 18.2 Å². The highest BCUT2D eigenvalue weighted by atomic mass is 16.7. The molecule has 2 rings (SSSR count). The fourth-order valence-electron chi connectivity index (χ4n) is 2.17. The summed E-state index contributed by atoms with van der Waals surface area (Å²) in [6, 6.07) is 13.3. The maximum atomic E-state index is 11.2. The summed E-state index contributed by atoms with van der Waals surface area (Å²) in [7, 11) is 1.28. The quantitative estimate of drug-likeness (QED) is 0.610. The number of carbonyl (C=O) groups excluding carboxylic acids is 1. The number of methoxy groups -OCH3 is 1. The third-order valence-corrected chi connectivity index (χ3v) is 3.42. The van der Waals surface area contributed by atoms with E-state index in [1.54, 1.807) is 12.1 Å². The maximum Gasteiger partial charge on any atom is 0.513 e. The molecule has 0 heterocycles. The average molecular weight is 300 g/mol. The second-order valence-electron chi connectivity index (χ2n) is 4.89. The van der Waals surface area contributed by atoms with Crippen molar-refractivity contribution in [1.82, 2.24) is 0 Å². The molecule has 2 aromatic rings. The van der Waals surface area contributed by atoms with Gasteiger partial charge in [0.15, 0.2) is 0 Å². The normalized spacial score (nSPS) is 10.1. The van der Waals surface area contributed by atoms with Gasteiger partial charge >= 0.3 is 6.16 Å². The van der Waals surface area contributed by atoms with Gasteiger partial charge in [-0.05, 0) is 42.7 Å². The van der Waals surface area contributed by atoms with Gasteiger partial charge in [0.2, 0.25) is 0 Å². The highest BCUT2D eigenvalue weighted by Crippen LogP contribution is 2.23. The molecule has 0 N–H and O–H groups in total. The summed E-state index contributed by atoms with van der Waals surface area (Å²) in [4.78, 5) is 11.2. The van der Waals surface area contributed by atoms with Crippen molar-refractivity contribution in [2.45, 2.75) is 26.9 Å². The first-order valence-corrected chi connectivity index (χ1v) is 7.20. The fraction of sp³-hybridized carbons (Fsp3) is 0.278. The van der Waals surface area contributed by atoms with Gasteiger partial charge < -0.3 is 14.2 Å². The lowest BCUT2D eigenvalue weighted by atomic mass is 10.1. The summed E-state index contributed by atoms with van der Waals surface area (Å²) in [5.41, 5.74) is 3.30. The molecular weight excluding hydrogens is 280 g/mol. The molecule has 0 fully saturated rings. The van der Waals surface area contributed by atoms with Crippen LogP contribution in [0.5, 0.6) is 11.5 Å². The van der Waals surface area contributed by atoms with E-state index in [4.69, 9.17) is 9.47 Å². The van der Waals surface area contributed by atoms with Crippen LogP contribution in [0.4, 0.5) is 4.79 Å². The van der Waals surface area contributed by atoms with Gasteiger partial charge in [-0.15, -0.1) is 0 Å². The van der Waals surface area contributed by atoms with Crippen molar-refractivity contribution in [2.75, 3.05) is 7.11 Å². The van der Waals surface area contributed by atoms with Gasteiger partial charge in [0.1, 0.15) is 18.1 Å². The summed E-state index contributed by atoms with van der Waals surface area (Å²) in [6.45, 7) is 4.52. The lowest BCUT2D eigenvalue weighted by Crippen LogP contribution is -2.09. The molecule has 0 spiro atoms. The minimum atomic E-state index is -0.740. The van der Waals surface area contributed by atoms with Crippen LogP contribution in [0, 0.1) is 6.92 Å². The second kappa shape index (κ2) is 7.50. The van der Waals surface area contributed by atoms with Crippen LogP contribution in [-0.4, -0.2) is 13.3 Å². The zero-order chi connectivity index (χ0) is 15.9. The van der Waals surface area contributed by atoms with Crippen LogP contribution >= 0.6 is 0 Å². The Balaban J connectivity index is 2.08. The number of carbonyl (C=O) groups is 1. The second-order valence-corrected chi connectivity index (χ2v) is 4.89. The predicted molar refractivity (Wildman–Crippen MR) is 84.4 cm³/mol. The molecule has 0 aliphatic carbocycles. The molecule has 2 aromatic carbocycles. The van der Waals surface area contributed by atoms with Crippen molar-refractivity contribution in [3.05, 3.63) is 59.2 Å². The van der Waals surface area contributed by atoms with Crippen molar-refractivity contribution in [2.24, 2.45) is 0 Å². The predicted octanol–water partition coefficient (Wildman–Crippen LogP) is 4.28. The third-order valence-electron chi connectivity index (χ3n) is 3.42. The van der Waals surface area contributed by atoms with Crippen LogP contribution in [0.3, 0.4) is 0 Å². The Hall–Kier alpha value is -2.49. The molecule has 0 aliphatic heterocycles. The lowest BCUT2D eigenvalue weighted by molar-refractivity contribution is 0.120. The summed E-state index contributed by atoms with van der Waals surface area (Å²) < 4.78 is 15.4. The molecular formula is C18H20O4. The molecule has 0 unspecified atom stereocenters. The molecule has 22 heavy (non-hydrogen) atoms. The zero-order valence-corrected chi connectivity index (χ0v) is 13.1. The van der Waals surface area contributed by atoms with Gasteiger partial charge in [0.05, 0.1) is 7.11 Å². The van der Waals surface area contributed by atoms with Gasteiger partial charge in [0, 0.05) is 5.56 Å². The van der Waals surface area contributed by atoms with E-state index in [9.17, 15) is 4.79 Å². The monoisotopic (exact) mass is 300 g/mol. The van der Waals surface area contributed by atoms with E-state index in [2.05, 4.69) is 24.7 Å². The zero-order valence-electron chi connectivity index (χ0n) is 13.1. The number of hydrogen-bond donors (Lipinski definition) is 0. The Morgan fingerprint density at radius 2 is 1.86 bits per heavy atom. The smallest absolute Gasteiger partial charge is 0.489 e. The summed E-state index contributed by atoms with van der Waals surface area (Å²) in [5.74, 6) is 1.24. The van der Waals surface area contributed by atoms with E-state index < -0.39 is 6.16 Å². The van der Waals surface area contributed by atoms with Crippen LogP contribution in [0.2, 0.25) is 0 Å². The Morgan fingerprint density at radius 1 is 1.09 bits per heavy atom. The first-order valence-electron chi connectivity index (χ1n) is 7.20. The molecule has 116 valence electrons. The van der Waals surface area contributed by atoms with Crippen LogP contribution in [0.15, 0.2) is 42.5 Å². The van der Waals surface area contributed by atoms with E-state index in [0.717, 1.165) is 17.7 Å². The van der Waals surface area contributed by atoms with Crippen molar-refractivity contribution < 1.29 is 19.0 Å². The Labute approximate surface area is 130 Å². The highest BCUT2D eigenvalue weighted by Gasteiger charge is 2.09. The molecule has 0 atom stereocenters. The minimum absolute atomic E-state index is 0.318. The van der Waals surface area contributed by atoms with Crippen molar-refractivity contribution in [3.63, 3.8) is 0 Å². The first kappa shape index (κ1) is 15.9. The van der Waals surface area contributed by atoms with Crippen molar-refractivity contribution in [1.29, 1.82) is 0 Å². The molecule has 0 aliphatic rings. The SMILES string of the molecule is CCc1ccc(OCc2ccccc2OC(=O)OC)cc1C. The number of hydrogen-bond acceptors (Lipinski definition) is 4. The number of aryl methyl sites for hydroxylation is 2. The molecule has 0 amide bonds. The van der Waals surface area contributed by atoms with Crippen molar-refractivity contribution in [3.8, 4) is 11.5 Å². The summed E-state index contributed by atoms with van der Waals surface area (Å²) in [5, 5.41) is 0. The topological polar surface area (TPSA) is 44.8 Å². The largest absolute Gasteiger partial charge is 0.513 e. The van der Waals surface area contributed by atoms with E-state index in [-0.39, 0.29) is 0 Å². The Bertz CT molecular complexity index is 649. The van der Waals surface area contributed by atoms with Crippen LogP contribution in [-0.2, 0) is 17.8 Å². The van der Waals surface area contributed by atoms with E-state index >= 15 is 0 Å². The summed E-state index contributed by atoms with van der Waals surface area (Å²) >= 11 is 0. The highest BCUT2D eigenvalue weighted by molar-refractivity contribution is 5.64. The number of ether oxygens (including phenoxy) is 3. The fourth-order valence-corrected chi connectivity index (χ4v) is 2.17. The number of para-hydroxylation sites is 1. The number of rotatable bonds is 5. The van der Waals surface area contributed by atoms with Gasteiger partial charge in [-0.3, -0.25) is 0 Å². The lowest BCUT2D eigenvalue weighted by Gasteiger charge is -2.12. The number of benzene rings is 2. The van der Waals surface area contributed by atoms with E-state index in [0.29, 0.717) is 12.4 Å². The molecule has 0 aromatic heterocycles. The van der Waals surface area contributed by atoms with Gasteiger partial charge in [-0.25, -0.2) is 4.79 Å². The molecule has 0 bridgehead atoms. The van der Waals surface area contributed by atoms with Gasteiger partial charge in [-0.1, -0.05) is 31.2 Å². The van der Waals surface area contributed by atoms with Gasteiger partial charge in [0.25, 0.3) is 0 Å². The van der Waals surface area contributed by atoms with Crippen LogP contribution in [0.25, 0.3) is 0 Å². The minimum Gasteiger partial charge on any atom is -0.489 e. The third kappa shape index (κ3) is 4.01. The first-order chi connectivity index (χ1) is 10.6. The summed E-state index contributed by atoms with van der Waals surface area (Å²) in [6.07, 6.45) is 0.262. The van der Waals surface area contributed by atoms with Crippen molar-refractivity contribution >= 4 is 6.16 Å². The van der Waals surface area contributed by atoms with E-state index in [1.807, 2.05) is 24.3 Å². The standard InChI is InChI=1S/C18H20O4/c1-4-14-9-10-16(11-13(14)2)21-12-15-7-5-6-8-17(15)22-18(19)20-3/h5-11H,4,12H2,1-3H3. The maximum absolute atomic E-state index is 11.2. The molecule has 0 radical (unpaired) electrons. The van der Waals surface area contributed by atoms with Crippen LogP contribution in [0.1, 0.15) is 23.6 Å². The molecule has 4 heteroatoms. The average Bonchev–Trinajstić information content (AvgIpc) is 2.54. The Morgan fingerprint density at radius 3 is 2.55 bits per heavy atom. The molecule has 0 saturated carbocycles. The van der Waals surface area contributed by atoms with Gasteiger partial charge in [-0.2, -0.15) is 0 Å². The van der Waals surface area contributed by atoms with Crippen LogP contribution < -0.4 is 9.47 Å². The molecule has 0 saturated heterocycles. The molecule has 4 nitrogen and oxygen atoms in total. The Kier molecular flexibility index (Phi) is 5.42.